The van der Waals surface area contributed by atoms with E-state index in [0.29, 0.717) is 0 Å². The molecule has 1 unspecified atom stereocenters. The van der Waals surface area contributed by atoms with E-state index in [1.165, 1.54) is 49.9 Å². The van der Waals surface area contributed by atoms with Crippen molar-refractivity contribution < 1.29 is 0 Å². The number of aromatic nitrogens is 2. The standard InChI is InChI=1S/C57H50N4/c1-7-9-21-52-43(6)59(57-27-17-14-24-53(52)57)45-30-34-47(35-31-45)60(48-36-38-49(39-37-48)61-54(18-8-2)42(5)51-23-13-16-26-56(51)61)46-32-28-44(29-33-46)58-41(4)20-11-10-19-40(3)50-22-12-15-25-55(50)58/h7-40H,1,4H2,2-3,5-6H3/b18-8-,19-10-,20-11-,21-9-. The Morgan fingerprint density at radius 1 is 0.607 bits per heavy atom. The molecule has 4 nitrogen and oxygen atoms in total. The van der Waals surface area contributed by atoms with E-state index in [0.717, 1.165) is 45.5 Å². The summed E-state index contributed by atoms with van der Waals surface area (Å²) in [6.07, 6.45) is 18.8. The molecule has 3 heterocycles. The van der Waals surface area contributed by atoms with E-state index in [1.54, 1.807) is 0 Å². The van der Waals surface area contributed by atoms with Crippen LogP contribution in [0.4, 0.5) is 28.4 Å². The van der Waals surface area contributed by atoms with Crippen molar-refractivity contribution >= 4 is 62.4 Å². The first-order chi connectivity index (χ1) is 29.9. The molecule has 2 aromatic heterocycles. The highest BCUT2D eigenvalue weighted by Gasteiger charge is 2.21. The first kappa shape index (κ1) is 38.9. The topological polar surface area (TPSA) is 16.3 Å². The molecule has 6 aromatic carbocycles. The molecule has 0 N–H and O–H groups in total. The smallest absolute Gasteiger partial charge is 0.0537 e. The highest BCUT2D eigenvalue weighted by molar-refractivity contribution is 5.93. The van der Waals surface area contributed by atoms with Crippen molar-refractivity contribution in [1.29, 1.82) is 0 Å². The predicted octanol–water partition coefficient (Wildman–Crippen LogP) is 15.8. The zero-order chi connectivity index (χ0) is 42.0. The Hall–Kier alpha value is -7.56. The first-order valence-corrected chi connectivity index (χ1v) is 21.0. The third kappa shape index (κ3) is 7.06. The second-order valence-electron chi connectivity index (χ2n) is 15.6. The van der Waals surface area contributed by atoms with Gasteiger partial charge in [0.15, 0.2) is 0 Å². The van der Waals surface area contributed by atoms with Crippen molar-refractivity contribution in [2.75, 3.05) is 9.80 Å². The van der Waals surface area contributed by atoms with E-state index >= 15 is 0 Å². The maximum atomic E-state index is 4.52. The van der Waals surface area contributed by atoms with E-state index < -0.39 is 0 Å². The lowest BCUT2D eigenvalue weighted by Gasteiger charge is -2.30. The maximum Gasteiger partial charge on any atom is 0.0537 e. The summed E-state index contributed by atoms with van der Waals surface area (Å²) in [4.78, 5) is 4.61. The molecule has 0 bridgehead atoms. The third-order valence-electron chi connectivity index (χ3n) is 11.9. The predicted molar refractivity (Wildman–Crippen MR) is 263 cm³/mol. The molecule has 0 spiro atoms. The Morgan fingerprint density at radius 2 is 1.16 bits per heavy atom. The van der Waals surface area contributed by atoms with Crippen molar-refractivity contribution in [2.45, 2.75) is 33.6 Å². The molecule has 0 saturated heterocycles. The minimum atomic E-state index is 0.251. The minimum Gasteiger partial charge on any atom is -0.313 e. The Bertz CT molecular complexity index is 3040. The fraction of sp³-hybridized carbons (Fsp3) is 0.0877. The summed E-state index contributed by atoms with van der Waals surface area (Å²) >= 11 is 0. The van der Waals surface area contributed by atoms with Gasteiger partial charge in [-0.05, 0) is 135 Å². The Kier molecular flexibility index (Phi) is 10.6. The summed E-state index contributed by atoms with van der Waals surface area (Å²) in [6.45, 7) is 17.2. The number of nitrogens with zero attached hydrogens (tertiary/aromatic N) is 4. The van der Waals surface area contributed by atoms with E-state index in [4.69, 9.17) is 0 Å². The first-order valence-electron chi connectivity index (χ1n) is 21.0. The fourth-order valence-electron chi connectivity index (χ4n) is 8.97. The number of aryl methyl sites for hydroxylation is 1. The van der Waals surface area contributed by atoms with Gasteiger partial charge in [-0.25, -0.2) is 0 Å². The molecule has 1 atom stereocenters. The van der Waals surface area contributed by atoms with Gasteiger partial charge >= 0.3 is 0 Å². The number of hydrogen-bond donors (Lipinski definition) is 0. The van der Waals surface area contributed by atoms with Crippen molar-refractivity contribution in [3.63, 3.8) is 0 Å². The number of hydrogen-bond acceptors (Lipinski definition) is 2. The molecule has 0 saturated carbocycles. The van der Waals surface area contributed by atoms with Gasteiger partial charge in [0.2, 0.25) is 0 Å². The summed E-state index contributed by atoms with van der Waals surface area (Å²) in [5, 5.41) is 2.48. The van der Waals surface area contributed by atoms with Crippen LogP contribution in [0.3, 0.4) is 0 Å². The molecular weight excluding hydrogens is 741 g/mol. The van der Waals surface area contributed by atoms with Crippen LogP contribution in [0.15, 0.2) is 207 Å². The Morgan fingerprint density at radius 3 is 1.80 bits per heavy atom. The van der Waals surface area contributed by atoms with E-state index in [1.807, 2.05) is 12.2 Å². The fourth-order valence-corrected chi connectivity index (χ4v) is 8.97. The summed E-state index contributed by atoms with van der Waals surface area (Å²) < 4.78 is 4.72. The van der Waals surface area contributed by atoms with Gasteiger partial charge in [0.05, 0.1) is 11.0 Å². The van der Waals surface area contributed by atoms with Gasteiger partial charge in [0.1, 0.15) is 0 Å². The molecule has 1 aliphatic heterocycles. The molecule has 298 valence electrons. The highest BCUT2D eigenvalue weighted by atomic mass is 15.2. The molecule has 0 aliphatic carbocycles. The van der Waals surface area contributed by atoms with Crippen LogP contribution < -0.4 is 9.80 Å². The summed E-state index contributed by atoms with van der Waals surface area (Å²) in [5.74, 6) is 0.251. The van der Waals surface area contributed by atoms with Crippen LogP contribution in [0.2, 0.25) is 0 Å². The van der Waals surface area contributed by atoms with Gasteiger partial charge in [-0.2, -0.15) is 0 Å². The number of rotatable bonds is 9. The van der Waals surface area contributed by atoms with Crippen molar-refractivity contribution in [2.24, 2.45) is 0 Å². The lowest BCUT2D eigenvalue weighted by Crippen LogP contribution is -2.17. The average molecular weight is 791 g/mol. The van der Waals surface area contributed by atoms with Crippen LogP contribution >= 0.6 is 0 Å². The SMILES string of the molecule is C=C/C=C\c1c(C)n(-c2ccc(N(c3ccc(N4C(=C)/C=C\C=C/C(C)c5ccccc54)cc3)c3ccc(-n4c(/C=C\C)c(C)c5ccccc54)cc3)cc2)c2ccccc12. The second kappa shape index (κ2) is 16.6. The largest absolute Gasteiger partial charge is 0.313 e. The second-order valence-corrected chi connectivity index (χ2v) is 15.6. The zero-order valence-electron chi connectivity index (χ0n) is 35.3. The van der Waals surface area contributed by atoms with Gasteiger partial charge in [0, 0.05) is 79.2 Å². The normalized spacial score (nSPS) is 15.2. The molecule has 0 amide bonds. The average Bonchev–Trinajstić information content (AvgIpc) is 3.75. The maximum absolute atomic E-state index is 4.52. The van der Waals surface area contributed by atoms with Crippen molar-refractivity contribution in [1.82, 2.24) is 9.13 Å². The van der Waals surface area contributed by atoms with E-state index in [-0.39, 0.29) is 5.92 Å². The lowest BCUT2D eigenvalue weighted by molar-refractivity contribution is 0.960. The van der Waals surface area contributed by atoms with Crippen LogP contribution in [0.25, 0.3) is 45.3 Å². The molecule has 0 fully saturated rings. The number of benzene rings is 6. The molecule has 8 aromatic rings. The Labute approximate surface area is 359 Å². The van der Waals surface area contributed by atoms with E-state index in [9.17, 15) is 0 Å². The molecule has 1 aliphatic rings. The molecule has 9 rings (SSSR count). The van der Waals surface area contributed by atoms with Gasteiger partial charge in [0.25, 0.3) is 0 Å². The number of para-hydroxylation sites is 3. The van der Waals surface area contributed by atoms with Crippen LogP contribution in [0.1, 0.15) is 47.8 Å². The van der Waals surface area contributed by atoms with Crippen molar-refractivity contribution in [3.05, 3.63) is 235 Å². The van der Waals surface area contributed by atoms with Gasteiger partial charge in [-0.1, -0.05) is 117 Å². The number of fused-ring (bicyclic) bond motifs is 3. The summed E-state index contributed by atoms with van der Waals surface area (Å²) in [7, 11) is 0. The van der Waals surface area contributed by atoms with Gasteiger partial charge in [-0.3, -0.25) is 0 Å². The van der Waals surface area contributed by atoms with Crippen LogP contribution in [0.5, 0.6) is 0 Å². The van der Waals surface area contributed by atoms with E-state index in [2.05, 4.69) is 248 Å². The zero-order valence-corrected chi connectivity index (χ0v) is 35.3. The molecular formula is C57H50N4. The van der Waals surface area contributed by atoms with Gasteiger partial charge < -0.3 is 18.9 Å². The highest BCUT2D eigenvalue weighted by Crippen LogP contribution is 2.41. The number of allylic oxidation sites excluding steroid dienone is 7. The monoisotopic (exact) mass is 790 g/mol. The molecule has 0 radical (unpaired) electrons. The molecule has 61 heavy (non-hydrogen) atoms. The quantitative estimate of drug-likeness (QED) is 0.135. The minimum absolute atomic E-state index is 0.251. The van der Waals surface area contributed by atoms with Crippen LogP contribution in [0, 0.1) is 13.8 Å². The Balaban J connectivity index is 1.15. The van der Waals surface area contributed by atoms with Crippen molar-refractivity contribution in [3.8, 4) is 11.4 Å². The summed E-state index contributed by atoms with van der Waals surface area (Å²) in [6, 6.07) is 52.7. The van der Waals surface area contributed by atoms with Gasteiger partial charge in [-0.15, -0.1) is 0 Å². The van der Waals surface area contributed by atoms with Crippen LogP contribution in [-0.4, -0.2) is 9.13 Å². The molecule has 4 heteroatoms. The number of anilines is 5. The lowest BCUT2D eigenvalue weighted by atomic mass is 9.97. The van der Waals surface area contributed by atoms with Crippen LogP contribution in [-0.2, 0) is 0 Å². The third-order valence-corrected chi connectivity index (χ3v) is 11.9. The summed E-state index contributed by atoms with van der Waals surface area (Å²) in [5.41, 5.74) is 17.0.